The molecule has 4 heteroatoms. The zero-order chi connectivity index (χ0) is 11.1. The lowest BCUT2D eigenvalue weighted by atomic mass is 10.0. The van der Waals surface area contributed by atoms with E-state index < -0.39 is 0 Å². The molecule has 0 aliphatic carbocycles. The van der Waals surface area contributed by atoms with E-state index in [1.54, 1.807) is 0 Å². The van der Waals surface area contributed by atoms with E-state index in [1.807, 2.05) is 11.8 Å². The molecule has 1 aliphatic heterocycles. The molecular formula is C11H22N2OS. The van der Waals surface area contributed by atoms with Crippen LogP contribution in [0.4, 0.5) is 0 Å². The summed E-state index contributed by atoms with van der Waals surface area (Å²) in [6, 6.07) is 0.319. The van der Waals surface area contributed by atoms with Gasteiger partial charge in [-0.2, -0.15) is 11.8 Å². The van der Waals surface area contributed by atoms with Crippen LogP contribution in [0, 0.1) is 5.92 Å². The molecule has 1 aliphatic rings. The largest absolute Gasteiger partial charge is 0.354 e. The quantitative estimate of drug-likeness (QED) is 0.721. The molecule has 0 aromatic rings. The zero-order valence-corrected chi connectivity index (χ0v) is 10.5. The van der Waals surface area contributed by atoms with E-state index in [0.717, 1.165) is 31.7 Å². The fourth-order valence-corrected chi connectivity index (χ4v) is 2.44. The standard InChI is InChI=1S/C11H22N2OS/c1-9(4-6-15-2)13-11(14)7-10-3-5-12-8-10/h9-10,12H,3-8H2,1-2H3,(H,13,14). The van der Waals surface area contributed by atoms with Gasteiger partial charge in [0.15, 0.2) is 0 Å². The smallest absolute Gasteiger partial charge is 0.220 e. The molecule has 1 heterocycles. The molecule has 2 atom stereocenters. The third-order valence-corrected chi connectivity index (χ3v) is 3.44. The summed E-state index contributed by atoms with van der Waals surface area (Å²) in [5.74, 6) is 1.89. The maximum atomic E-state index is 11.6. The fraction of sp³-hybridized carbons (Fsp3) is 0.909. The second-order valence-electron chi connectivity index (χ2n) is 4.31. The second-order valence-corrected chi connectivity index (χ2v) is 5.30. The van der Waals surface area contributed by atoms with Crippen molar-refractivity contribution in [3.05, 3.63) is 0 Å². The third-order valence-electron chi connectivity index (χ3n) is 2.80. The van der Waals surface area contributed by atoms with Gasteiger partial charge in [-0.15, -0.1) is 0 Å². The van der Waals surface area contributed by atoms with Gasteiger partial charge < -0.3 is 10.6 Å². The molecule has 15 heavy (non-hydrogen) atoms. The van der Waals surface area contributed by atoms with Crippen molar-refractivity contribution in [2.45, 2.75) is 32.2 Å². The molecule has 2 unspecified atom stereocenters. The zero-order valence-electron chi connectivity index (χ0n) is 9.71. The van der Waals surface area contributed by atoms with Crippen LogP contribution in [0.3, 0.4) is 0 Å². The lowest BCUT2D eigenvalue weighted by molar-refractivity contribution is -0.122. The summed E-state index contributed by atoms with van der Waals surface area (Å²) in [7, 11) is 0. The molecule has 0 saturated carbocycles. The number of nitrogens with one attached hydrogen (secondary N) is 2. The van der Waals surface area contributed by atoms with Crippen LogP contribution in [-0.4, -0.2) is 37.0 Å². The summed E-state index contributed by atoms with van der Waals surface area (Å²) in [6.45, 7) is 4.16. The molecule has 1 fully saturated rings. The lowest BCUT2D eigenvalue weighted by Gasteiger charge is -2.14. The van der Waals surface area contributed by atoms with Crippen LogP contribution >= 0.6 is 11.8 Å². The van der Waals surface area contributed by atoms with Crippen LogP contribution in [0.5, 0.6) is 0 Å². The Balaban J connectivity index is 2.11. The highest BCUT2D eigenvalue weighted by Crippen LogP contribution is 2.12. The van der Waals surface area contributed by atoms with Gasteiger partial charge in [-0.3, -0.25) is 4.79 Å². The summed E-state index contributed by atoms with van der Waals surface area (Å²) < 4.78 is 0. The van der Waals surface area contributed by atoms with E-state index in [4.69, 9.17) is 0 Å². The maximum absolute atomic E-state index is 11.6. The second kappa shape index (κ2) is 7.12. The minimum atomic E-state index is 0.220. The van der Waals surface area contributed by atoms with Crippen molar-refractivity contribution in [3.8, 4) is 0 Å². The Kier molecular flexibility index (Phi) is 6.10. The first-order chi connectivity index (χ1) is 7.22. The van der Waals surface area contributed by atoms with E-state index in [-0.39, 0.29) is 5.91 Å². The predicted octanol–water partition coefficient (Wildman–Crippen LogP) is 1.24. The number of rotatable bonds is 6. The van der Waals surface area contributed by atoms with Crippen LogP contribution < -0.4 is 10.6 Å². The first-order valence-electron chi connectivity index (χ1n) is 5.71. The van der Waals surface area contributed by atoms with Gasteiger partial charge in [-0.05, 0) is 50.8 Å². The number of thioether (sulfide) groups is 1. The molecule has 0 bridgehead atoms. The molecule has 1 rings (SSSR count). The molecule has 0 radical (unpaired) electrons. The minimum absolute atomic E-state index is 0.220. The number of hydrogen-bond donors (Lipinski definition) is 2. The van der Waals surface area contributed by atoms with E-state index in [9.17, 15) is 4.79 Å². The average Bonchev–Trinajstić information content (AvgIpc) is 2.67. The van der Waals surface area contributed by atoms with Gasteiger partial charge >= 0.3 is 0 Å². The predicted molar refractivity (Wildman–Crippen MR) is 66.2 cm³/mol. The number of amides is 1. The van der Waals surface area contributed by atoms with Crippen LogP contribution in [0.1, 0.15) is 26.2 Å². The van der Waals surface area contributed by atoms with Gasteiger partial charge in [-0.25, -0.2) is 0 Å². The van der Waals surface area contributed by atoms with Gasteiger partial charge in [-0.1, -0.05) is 0 Å². The monoisotopic (exact) mass is 230 g/mol. The molecule has 1 saturated heterocycles. The van der Waals surface area contributed by atoms with Crippen molar-refractivity contribution in [1.82, 2.24) is 10.6 Å². The number of carbonyl (C=O) groups is 1. The van der Waals surface area contributed by atoms with E-state index in [2.05, 4.69) is 23.8 Å². The van der Waals surface area contributed by atoms with Crippen molar-refractivity contribution in [1.29, 1.82) is 0 Å². The van der Waals surface area contributed by atoms with Crippen LogP contribution in [0.2, 0.25) is 0 Å². The van der Waals surface area contributed by atoms with Gasteiger partial charge in [0.05, 0.1) is 0 Å². The van der Waals surface area contributed by atoms with Crippen LogP contribution in [0.25, 0.3) is 0 Å². The van der Waals surface area contributed by atoms with E-state index in [0.29, 0.717) is 18.4 Å². The van der Waals surface area contributed by atoms with Crippen molar-refractivity contribution < 1.29 is 4.79 Å². The normalized spacial score (nSPS) is 22.7. The molecule has 0 spiro atoms. The summed E-state index contributed by atoms with van der Waals surface area (Å²) in [5, 5.41) is 6.34. The van der Waals surface area contributed by atoms with Gasteiger partial charge in [0, 0.05) is 12.5 Å². The molecule has 1 amide bonds. The topological polar surface area (TPSA) is 41.1 Å². The van der Waals surface area contributed by atoms with E-state index in [1.165, 1.54) is 0 Å². The minimum Gasteiger partial charge on any atom is -0.354 e. The van der Waals surface area contributed by atoms with Gasteiger partial charge in [0.1, 0.15) is 0 Å². The van der Waals surface area contributed by atoms with Crippen molar-refractivity contribution in [2.24, 2.45) is 5.92 Å². The van der Waals surface area contributed by atoms with E-state index >= 15 is 0 Å². The molecule has 2 N–H and O–H groups in total. The number of hydrogen-bond acceptors (Lipinski definition) is 3. The molecule has 3 nitrogen and oxygen atoms in total. The third kappa shape index (κ3) is 5.42. The highest BCUT2D eigenvalue weighted by Gasteiger charge is 2.18. The Morgan fingerprint density at radius 2 is 2.47 bits per heavy atom. The highest BCUT2D eigenvalue weighted by atomic mass is 32.2. The maximum Gasteiger partial charge on any atom is 0.220 e. The first-order valence-corrected chi connectivity index (χ1v) is 7.10. The van der Waals surface area contributed by atoms with Gasteiger partial charge in [0.2, 0.25) is 5.91 Å². The summed E-state index contributed by atoms with van der Waals surface area (Å²) in [5.41, 5.74) is 0. The Hall–Kier alpha value is -0.220. The highest BCUT2D eigenvalue weighted by molar-refractivity contribution is 7.98. The lowest BCUT2D eigenvalue weighted by Crippen LogP contribution is -2.34. The molecule has 88 valence electrons. The molecular weight excluding hydrogens is 208 g/mol. The Labute approximate surface area is 96.8 Å². The SMILES string of the molecule is CSCCC(C)NC(=O)CC1CCNC1. The van der Waals surface area contributed by atoms with Crippen molar-refractivity contribution >= 4 is 17.7 Å². The van der Waals surface area contributed by atoms with Crippen molar-refractivity contribution in [2.75, 3.05) is 25.1 Å². The van der Waals surface area contributed by atoms with Crippen molar-refractivity contribution in [3.63, 3.8) is 0 Å². The molecule has 0 aromatic carbocycles. The summed E-state index contributed by atoms with van der Waals surface area (Å²) >= 11 is 1.83. The Bertz CT molecular complexity index is 193. The summed E-state index contributed by atoms with van der Waals surface area (Å²) in [6.07, 6.45) is 5.00. The fourth-order valence-electron chi connectivity index (χ4n) is 1.85. The average molecular weight is 230 g/mol. The van der Waals surface area contributed by atoms with Gasteiger partial charge in [0.25, 0.3) is 0 Å². The molecule has 0 aromatic heterocycles. The number of carbonyl (C=O) groups excluding carboxylic acids is 1. The first kappa shape index (κ1) is 12.8. The van der Waals surface area contributed by atoms with Crippen LogP contribution in [-0.2, 0) is 4.79 Å². The summed E-state index contributed by atoms with van der Waals surface area (Å²) in [4.78, 5) is 11.6. The van der Waals surface area contributed by atoms with Crippen LogP contribution in [0.15, 0.2) is 0 Å². The Morgan fingerprint density at radius 3 is 3.07 bits per heavy atom. The Morgan fingerprint density at radius 1 is 1.67 bits per heavy atom.